The van der Waals surface area contributed by atoms with Crippen LogP contribution in [0, 0.1) is 13.8 Å². The minimum Gasteiger partial charge on any atom is -0.484 e. The molecule has 32 heavy (non-hydrogen) atoms. The Balaban J connectivity index is 1.45. The van der Waals surface area contributed by atoms with Gasteiger partial charge in [-0.1, -0.05) is 29.4 Å². The Morgan fingerprint density at radius 2 is 1.94 bits per heavy atom. The number of rotatable bonds is 10. The Morgan fingerprint density at radius 1 is 1.19 bits per heavy atom. The zero-order valence-electron chi connectivity index (χ0n) is 17.4. The second-order valence-corrected chi connectivity index (χ2v) is 9.88. The summed E-state index contributed by atoms with van der Waals surface area (Å²) in [6.45, 7) is 3.90. The van der Waals surface area contributed by atoms with Crippen molar-refractivity contribution in [3.63, 3.8) is 0 Å². The van der Waals surface area contributed by atoms with Gasteiger partial charge >= 0.3 is 0 Å². The highest BCUT2D eigenvalue weighted by atomic mass is 35.5. The predicted octanol–water partition coefficient (Wildman–Crippen LogP) is 3.16. The van der Waals surface area contributed by atoms with E-state index in [0.29, 0.717) is 33.9 Å². The summed E-state index contributed by atoms with van der Waals surface area (Å²) in [5.41, 5.74) is 1.22. The summed E-state index contributed by atoms with van der Waals surface area (Å²) in [6.07, 6.45) is 0. The van der Waals surface area contributed by atoms with E-state index in [2.05, 4.69) is 25.2 Å². The molecule has 2 aromatic carbocycles. The van der Waals surface area contributed by atoms with Crippen molar-refractivity contribution in [2.24, 2.45) is 0 Å². The molecule has 3 rings (SSSR count). The molecule has 3 aromatic rings. The van der Waals surface area contributed by atoms with Gasteiger partial charge in [-0.25, -0.2) is 13.4 Å². The minimum atomic E-state index is -3.79. The van der Waals surface area contributed by atoms with Crippen LogP contribution in [0.25, 0.3) is 0 Å². The number of ether oxygens (including phenoxy) is 1. The summed E-state index contributed by atoms with van der Waals surface area (Å²) in [5.74, 6) is 1.45. The Labute approximate surface area is 195 Å². The molecule has 0 bridgehead atoms. The number of carbonyl (C=O) groups is 1. The summed E-state index contributed by atoms with van der Waals surface area (Å²) < 4.78 is 33.0. The van der Waals surface area contributed by atoms with Crippen LogP contribution in [0.4, 0.5) is 5.69 Å². The lowest BCUT2D eigenvalue weighted by molar-refractivity contribution is -0.122. The molecule has 12 heteroatoms. The molecule has 1 aromatic heterocycles. The van der Waals surface area contributed by atoms with E-state index in [1.165, 1.54) is 36.0 Å². The van der Waals surface area contributed by atoms with Crippen LogP contribution in [-0.2, 0) is 14.8 Å². The second-order valence-electron chi connectivity index (χ2n) is 6.73. The maximum absolute atomic E-state index is 12.6. The molecule has 0 saturated heterocycles. The second kappa shape index (κ2) is 10.7. The number of thioether (sulfide) groups is 1. The van der Waals surface area contributed by atoms with E-state index in [1.54, 1.807) is 18.2 Å². The molecule has 1 heterocycles. The zero-order valence-corrected chi connectivity index (χ0v) is 19.8. The molecule has 3 N–H and O–H groups in total. The number of carbonyl (C=O) groups excluding carboxylic acids is 1. The van der Waals surface area contributed by atoms with Gasteiger partial charge in [-0.15, -0.1) is 5.10 Å². The number of aromatic amines is 1. The van der Waals surface area contributed by atoms with Gasteiger partial charge in [-0.05, 0) is 55.8 Å². The fourth-order valence-electron chi connectivity index (χ4n) is 2.50. The first kappa shape index (κ1) is 23.9. The number of nitrogens with one attached hydrogen (secondary N) is 3. The van der Waals surface area contributed by atoms with Gasteiger partial charge in [0.05, 0.1) is 10.6 Å². The summed E-state index contributed by atoms with van der Waals surface area (Å²) in [5, 5.41) is 10.6. The molecule has 0 atom stereocenters. The summed E-state index contributed by atoms with van der Waals surface area (Å²) >= 11 is 7.47. The van der Waals surface area contributed by atoms with Crippen LogP contribution in [0.1, 0.15) is 11.4 Å². The van der Waals surface area contributed by atoms with Gasteiger partial charge in [0, 0.05) is 17.3 Å². The fourth-order valence-corrected chi connectivity index (χ4v) is 4.43. The summed E-state index contributed by atoms with van der Waals surface area (Å²) in [6, 6.07) is 10.7. The van der Waals surface area contributed by atoms with Crippen molar-refractivity contribution >= 4 is 45.0 Å². The largest absolute Gasteiger partial charge is 0.484 e. The summed E-state index contributed by atoms with van der Waals surface area (Å²) in [7, 11) is -3.79. The van der Waals surface area contributed by atoms with Crippen LogP contribution in [0.2, 0.25) is 5.02 Å². The molecule has 0 fully saturated rings. The number of hydrogen-bond acceptors (Lipinski definition) is 7. The van der Waals surface area contributed by atoms with Crippen molar-refractivity contribution in [3.8, 4) is 5.75 Å². The average molecular weight is 496 g/mol. The maximum atomic E-state index is 12.6. The molecule has 0 aliphatic carbocycles. The third-order valence-corrected chi connectivity index (χ3v) is 6.81. The minimum absolute atomic E-state index is 0.0604. The number of H-pyrrole nitrogens is 1. The number of nitrogens with zero attached hydrogens (tertiary/aromatic N) is 2. The fraction of sp³-hybridized carbons (Fsp3) is 0.250. The number of aromatic nitrogens is 3. The van der Waals surface area contributed by atoms with E-state index < -0.39 is 10.0 Å². The average Bonchev–Trinajstić information content (AvgIpc) is 3.17. The van der Waals surface area contributed by atoms with Gasteiger partial charge in [0.1, 0.15) is 11.6 Å². The zero-order chi connectivity index (χ0) is 23.1. The molecular weight excluding hydrogens is 474 g/mol. The van der Waals surface area contributed by atoms with Crippen LogP contribution >= 0.6 is 23.4 Å². The van der Waals surface area contributed by atoms with Crippen molar-refractivity contribution in [2.45, 2.75) is 23.9 Å². The number of aryl methyl sites for hydroxylation is 2. The van der Waals surface area contributed by atoms with E-state index in [9.17, 15) is 13.2 Å². The van der Waals surface area contributed by atoms with Crippen molar-refractivity contribution < 1.29 is 17.9 Å². The highest BCUT2D eigenvalue weighted by Gasteiger charge is 2.15. The molecule has 0 aliphatic heterocycles. The lowest BCUT2D eigenvalue weighted by Crippen LogP contribution is -2.30. The molecule has 9 nitrogen and oxygen atoms in total. The van der Waals surface area contributed by atoms with Crippen LogP contribution in [0.3, 0.4) is 0 Å². The van der Waals surface area contributed by atoms with E-state index >= 15 is 0 Å². The van der Waals surface area contributed by atoms with Gasteiger partial charge in [0.15, 0.2) is 6.61 Å². The van der Waals surface area contributed by atoms with E-state index in [-0.39, 0.29) is 17.4 Å². The Bertz CT molecular complexity index is 1180. The first-order valence-corrected chi connectivity index (χ1v) is 12.4. The number of amides is 1. The molecule has 170 valence electrons. The highest BCUT2D eigenvalue weighted by molar-refractivity contribution is 7.99. The van der Waals surface area contributed by atoms with E-state index in [1.807, 2.05) is 13.8 Å². The van der Waals surface area contributed by atoms with Crippen LogP contribution in [-0.4, -0.2) is 48.4 Å². The predicted molar refractivity (Wildman–Crippen MR) is 124 cm³/mol. The van der Waals surface area contributed by atoms with Gasteiger partial charge in [-0.3, -0.25) is 14.6 Å². The first-order valence-electron chi connectivity index (χ1n) is 9.53. The van der Waals surface area contributed by atoms with Crippen LogP contribution < -0.4 is 14.8 Å². The summed E-state index contributed by atoms with van der Waals surface area (Å²) in [4.78, 5) is 16.1. The molecule has 0 aliphatic rings. The molecule has 0 unspecified atom stereocenters. The molecule has 0 radical (unpaired) electrons. The van der Waals surface area contributed by atoms with Crippen molar-refractivity contribution in [1.29, 1.82) is 0 Å². The van der Waals surface area contributed by atoms with E-state index in [0.717, 1.165) is 11.4 Å². The topological polar surface area (TPSA) is 126 Å². The normalized spacial score (nSPS) is 11.2. The first-order chi connectivity index (χ1) is 15.2. The monoisotopic (exact) mass is 495 g/mol. The Hall–Kier alpha value is -2.76. The van der Waals surface area contributed by atoms with Gasteiger partial charge in [-0.2, -0.15) is 0 Å². The lowest BCUT2D eigenvalue weighted by atomic mass is 10.2. The van der Waals surface area contributed by atoms with Crippen molar-refractivity contribution in [3.05, 3.63) is 58.9 Å². The Kier molecular flexibility index (Phi) is 7.99. The lowest BCUT2D eigenvalue weighted by Gasteiger charge is -2.10. The number of hydrogen-bond donors (Lipinski definition) is 3. The third kappa shape index (κ3) is 6.87. The Morgan fingerprint density at radius 3 is 2.59 bits per heavy atom. The smallest absolute Gasteiger partial charge is 0.261 e. The molecule has 1 amide bonds. The maximum Gasteiger partial charge on any atom is 0.261 e. The molecule has 0 saturated carbocycles. The number of halogens is 1. The molecule has 0 spiro atoms. The number of benzene rings is 2. The number of sulfonamides is 1. The van der Waals surface area contributed by atoms with Gasteiger partial charge < -0.3 is 10.1 Å². The van der Waals surface area contributed by atoms with Crippen molar-refractivity contribution in [1.82, 2.24) is 20.5 Å². The van der Waals surface area contributed by atoms with Gasteiger partial charge in [0.25, 0.3) is 15.9 Å². The van der Waals surface area contributed by atoms with Crippen LogP contribution in [0.15, 0.2) is 52.5 Å². The standard InChI is InChI=1S/C20H22ClN5O4S2/c1-13-3-4-15(11-18(13)21)26-32(28,29)17-7-5-16(6-8-17)30-12-19(27)22-9-10-31-20-23-14(2)24-25-20/h3-8,11,26H,9-10,12H2,1-2H3,(H,22,27)(H,23,24,25). The van der Waals surface area contributed by atoms with Crippen molar-refractivity contribution in [2.75, 3.05) is 23.6 Å². The quantitative estimate of drug-likeness (QED) is 0.291. The third-order valence-electron chi connectivity index (χ3n) is 4.16. The van der Waals surface area contributed by atoms with Crippen LogP contribution in [0.5, 0.6) is 5.75 Å². The number of anilines is 1. The molecular formula is C20H22ClN5O4S2. The van der Waals surface area contributed by atoms with E-state index in [4.69, 9.17) is 16.3 Å². The van der Waals surface area contributed by atoms with Gasteiger partial charge in [0.2, 0.25) is 5.16 Å². The highest BCUT2D eigenvalue weighted by Crippen LogP contribution is 2.23. The SMILES string of the molecule is Cc1nc(SCCNC(=O)COc2ccc(S(=O)(=O)Nc3ccc(C)c(Cl)c3)cc2)n[nH]1.